The van der Waals surface area contributed by atoms with Gasteiger partial charge in [-0.05, 0) is 56.5 Å². The van der Waals surface area contributed by atoms with Crippen LogP contribution in [0, 0.1) is 5.92 Å². The Kier molecular flexibility index (Phi) is 38.8. The number of hydrogen-bond acceptors (Lipinski definition) is 53. The second kappa shape index (κ2) is 48.0. The van der Waals surface area contributed by atoms with Crippen molar-refractivity contribution in [2.24, 2.45) is 40.3 Å². The summed E-state index contributed by atoms with van der Waals surface area (Å²) < 4.78 is 56.2. The molecule has 127 heavy (non-hydrogen) atoms. The number of nitrogens with two attached hydrogens (primary N) is 6. The van der Waals surface area contributed by atoms with Crippen LogP contribution in [0.25, 0.3) is 0 Å². The predicted octanol–water partition coefficient (Wildman–Crippen LogP) is -14.0. The summed E-state index contributed by atoms with van der Waals surface area (Å²) in [5.41, 5.74) is 35.9. The lowest BCUT2D eigenvalue weighted by Gasteiger charge is -2.18. The third-order valence-electron chi connectivity index (χ3n) is 19.4. The number of hydrogen-bond donors (Lipinski definition) is 28. The van der Waals surface area contributed by atoms with Crippen LogP contribution in [-0.2, 0) is 80.9 Å². The fraction of sp³-hybridized carbons (Fsp3) is 0.597. The fourth-order valence-corrected chi connectivity index (χ4v) is 12.3. The number of anilines is 5. The lowest BCUT2D eigenvalue weighted by molar-refractivity contribution is -0.155. The van der Waals surface area contributed by atoms with Crippen molar-refractivity contribution in [3.05, 3.63) is 114 Å². The summed E-state index contributed by atoms with van der Waals surface area (Å²) in [5.74, 6) is -5.91. The number of aliphatic hydroxyl groups excluding tert-OH is 12. The first-order valence-electron chi connectivity index (χ1n) is 37.9. The molecule has 5 aromatic heterocycles. The van der Waals surface area contributed by atoms with Crippen LogP contribution in [0.2, 0.25) is 0 Å². The quantitative estimate of drug-likeness (QED) is 0.0108. The number of rotatable bonds is 32. The van der Waals surface area contributed by atoms with E-state index < -0.39 is 257 Å². The van der Waals surface area contributed by atoms with Crippen LogP contribution in [0.5, 0.6) is 0 Å². The maximum atomic E-state index is 11.9. The average molecular weight is 1820 g/mol. The number of carbonyl (C=O) groups excluding carboxylic acids is 7. The van der Waals surface area contributed by atoms with E-state index in [9.17, 15) is 114 Å². The number of ether oxygens (including phenoxy) is 10. The number of amides is 2. The first-order valence-corrected chi connectivity index (χ1v) is 37.9. The van der Waals surface area contributed by atoms with Gasteiger partial charge in [-0.25, -0.2) is 24.0 Å². The van der Waals surface area contributed by atoms with Gasteiger partial charge < -0.3 is 143 Å². The largest absolute Gasteiger partial charge is 0.463 e. The summed E-state index contributed by atoms with van der Waals surface area (Å²) in [6.45, 7) is -1.27. The molecule has 60 nitrogen and oxygen atoms in total. The predicted molar refractivity (Wildman–Crippen MR) is 409 cm³/mol. The molecular weight excluding hydrogens is 1720 g/mol. The molecular formula is C67H99N21O39. The molecule has 0 spiro atoms. The van der Waals surface area contributed by atoms with E-state index in [1.54, 1.807) is 27.4 Å². The average Bonchev–Trinajstić information content (AvgIpc) is 1.67. The zero-order chi connectivity index (χ0) is 94.1. The van der Waals surface area contributed by atoms with E-state index in [1.807, 2.05) is 0 Å². The molecule has 0 aromatic carbocycles. The van der Waals surface area contributed by atoms with Crippen LogP contribution in [0.1, 0.15) is 83.0 Å². The number of carbonyl (C=O) groups is 7. The summed E-state index contributed by atoms with van der Waals surface area (Å²) >= 11 is 0. The molecule has 1 aliphatic carbocycles. The molecule has 34 N–H and O–H groups in total. The Bertz CT molecular complexity index is 4700. The highest BCUT2D eigenvalue weighted by Crippen LogP contribution is 2.35. The number of aliphatic hydroxyl groups is 12. The minimum Gasteiger partial charge on any atom is -0.463 e. The molecule has 5 saturated heterocycles. The van der Waals surface area contributed by atoms with Crippen molar-refractivity contribution in [3.63, 3.8) is 0 Å². The monoisotopic (exact) mass is 1820 g/mol. The van der Waals surface area contributed by atoms with Gasteiger partial charge in [0.05, 0.1) is 25.0 Å². The van der Waals surface area contributed by atoms with E-state index in [1.165, 1.54) is 68.2 Å². The lowest BCUT2D eigenvalue weighted by atomic mass is 10.1. The Balaban J connectivity index is 0.000000218. The SMILES string of the molecule is C[C@H](O)[C@@H](N)C(=O)OC[C@H]1O[C@@H](n2ccc(NO)nc2=O)[C@H](O)[C@@H]1O.NC(=O)CC[C@@H](N)C(=O)OC[C@H]1O[C@@H](n2ccc(NO)nc2=O)[C@H](O)[C@@H]1O.NC(=O)C[C@@H](N)C(=O)OC[C@H]1O[C@@H](n2ccc(NO)nc2=O)[C@H](O)[C@@H]1O.N[C@H](CO)C(=O)OC[C@H]1O[C@@H](n2ccc(NO)nc2=O)[C@H](O)[C@@H]1O.O=C(OC[C@H]1O[C@@H](n2ccc(NO)nc2=O)[C@H](O)[C@@H]1O)C1CCCC1. The van der Waals surface area contributed by atoms with Gasteiger partial charge >= 0.3 is 58.3 Å². The summed E-state index contributed by atoms with van der Waals surface area (Å²) in [6, 6.07) is 1.45. The molecule has 2 amide bonds. The molecule has 5 aromatic rings. The maximum absolute atomic E-state index is 11.9. The van der Waals surface area contributed by atoms with Crippen molar-refractivity contribution in [3.8, 4) is 0 Å². The summed E-state index contributed by atoms with van der Waals surface area (Å²) in [5, 5.41) is 162. The zero-order valence-electron chi connectivity index (χ0n) is 66.5. The summed E-state index contributed by atoms with van der Waals surface area (Å²) in [6.07, 6.45) is -18.2. The van der Waals surface area contributed by atoms with Crippen LogP contribution in [0.4, 0.5) is 29.1 Å². The maximum Gasteiger partial charge on any atom is 0.351 e. The molecule has 25 atom stereocenters. The number of nitrogens with one attached hydrogen (secondary N) is 5. The van der Waals surface area contributed by atoms with E-state index in [2.05, 4.69) is 24.9 Å². The van der Waals surface area contributed by atoms with Crippen LogP contribution in [0.15, 0.2) is 85.3 Å². The van der Waals surface area contributed by atoms with Gasteiger partial charge in [-0.15, -0.1) is 0 Å². The fourth-order valence-electron chi connectivity index (χ4n) is 12.3. The Morgan fingerprint density at radius 1 is 0.402 bits per heavy atom. The van der Waals surface area contributed by atoms with Gasteiger partial charge in [0, 0.05) is 37.4 Å². The van der Waals surface area contributed by atoms with Gasteiger partial charge in [0.25, 0.3) is 0 Å². The molecule has 0 unspecified atom stereocenters. The van der Waals surface area contributed by atoms with Gasteiger partial charge in [-0.1, -0.05) is 12.8 Å². The third kappa shape index (κ3) is 27.3. The molecule has 6 aliphatic rings. The first-order chi connectivity index (χ1) is 60.1. The van der Waals surface area contributed by atoms with E-state index in [-0.39, 0.29) is 60.4 Å². The standard InChI is InChI=1S/C15H21N3O7.C14H21N5O8.C13H19N5O8.C13H20N4O8.C12H18N4O8/c19-11-9(7-24-14(21)8-3-1-2-4-8)25-13(12(11)20)18-6-5-10(17-23)16-15(18)22;15-6(1-2-8(16)20)13(23)26-5-7-10(21)11(22)12(27-7)19-4-3-9(18-25)17-14(19)24;14-5(3-7(15)19)12(22)25-4-6-9(20)10(21)11(26-6)18-2-1-8(17-24)16-13(18)23;1-5(18)8(14)12(21)24-4-6-9(19)10(20)11(25-6)17-3-2-7(16-23)15-13(17)22;13-5(3-17)11(20)23-4-6-8(18)9(19)10(24-6)16-2-1-7(15-22)14-12(16)21/h5-6,8-9,11-13,19-20,23H,1-4,7H2,(H,16,17,22);3-4,6-7,10-12,21-22,25H,1-2,5,15H2,(H2,16,20)(H,17,18,24);1-2,5-6,9-11,20-21,24H,3-4,14H2,(H2,15,19)(H,16,17,23);2-3,5-6,8-11,18-20,23H,4,14H2,1H3,(H,15,16,22);1-2,5-6,8-10,17-19,22H,3-4,13H2,(H,14,15,21)/t9-,11-,12-,13-;6-,7-,10-,11-,12-;5-,6-,9-,10-,11-;5-,6+,8+,9+,10+,11+;5-,6-,8-,9-,10-/m11101/s1. The van der Waals surface area contributed by atoms with Gasteiger partial charge in [0.15, 0.2) is 60.2 Å². The van der Waals surface area contributed by atoms with Crippen molar-refractivity contribution >= 4 is 70.8 Å². The van der Waals surface area contributed by atoms with Crippen molar-refractivity contribution in [2.75, 3.05) is 67.0 Å². The Labute approximate surface area is 710 Å². The minimum absolute atomic E-state index is 0.000200. The van der Waals surface area contributed by atoms with Crippen molar-refractivity contribution < 1.29 is 168 Å². The molecule has 6 fully saturated rings. The summed E-state index contributed by atoms with van der Waals surface area (Å²) in [7, 11) is 0. The van der Waals surface area contributed by atoms with Crippen molar-refractivity contribution in [2.45, 2.75) is 205 Å². The second-order valence-corrected chi connectivity index (χ2v) is 28.4. The smallest absolute Gasteiger partial charge is 0.351 e. The number of nitrogens with zero attached hydrogens (tertiary/aromatic N) is 10. The second-order valence-electron chi connectivity index (χ2n) is 28.4. The van der Waals surface area contributed by atoms with Crippen LogP contribution in [0.3, 0.4) is 0 Å². The van der Waals surface area contributed by atoms with Gasteiger partial charge in [0.2, 0.25) is 11.8 Å². The summed E-state index contributed by atoms with van der Waals surface area (Å²) in [4.78, 5) is 157. The van der Waals surface area contributed by atoms with E-state index in [0.29, 0.717) is 0 Å². The van der Waals surface area contributed by atoms with E-state index in [4.69, 9.17) is 113 Å². The highest BCUT2D eigenvalue weighted by molar-refractivity contribution is 5.84. The molecule has 1 saturated carbocycles. The van der Waals surface area contributed by atoms with Crippen LogP contribution in [-0.4, -0.2) is 338 Å². The van der Waals surface area contributed by atoms with Gasteiger partial charge in [0.1, 0.15) is 149 Å². The zero-order valence-corrected chi connectivity index (χ0v) is 66.5. The van der Waals surface area contributed by atoms with Gasteiger partial charge in [-0.2, -0.15) is 24.9 Å². The molecule has 5 aliphatic heterocycles. The van der Waals surface area contributed by atoms with Crippen molar-refractivity contribution in [1.82, 2.24) is 47.8 Å². The Morgan fingerprint density at radius 2 is 0.654 bits per heavy atom. The normalized spacial score (nSPS) is 27.5. The lowest BCUT2D eigenvalue weighted by Crippen LogP contribution is -2.43. The molecule has 10 heterocycles. The highest BCUT2D eigenvalue weighted by atomic mass is 16.6. The third-order valence-corrected chi connectivity index (χ3v) is 19.4. The van der Waals surface area contributed by atoms with Crippen molar-refractivity contribution in [1.29, 1.82) is 0 Å². The molecule has 11 rings (SSSR count). The van der Waals surface area contributed by atoms with Gasteiger partial charge in [-0.3, -0.25) is 110 Å². The van der Waals surface area contributed by atoms with Crippen LogP contribution >= 0.6 is 0 Å². The molecule has 706 valence electrons. The number of primary amides is 2. The number of esters is 5. The highest BCUT2D eigenvalue weighted by Gasteiger charge is 2.50. The topological polar surface area (TPSA) is 946 Å². The number of aromatic nitrogens is 10. The Hall–Kier alpha value is -11.3. The molecule has 0 bridgehead atoms. The Morgan fingerprint density at radius 3 is 0.890 bits per heavy atom. The molecule has 0 radical (unpaired) electrons. The van der Waals surface area contributed by atoms with E-state index in [0.717, 1.165) is 48.5 Å². The molecule has 60 heteroatoms. The minimum atomic E-state index is -1.51. The van der Waals surface area contributed by atoms with Crippen LogP contribution < -0.4 is 90.3 Å². The van der Waals surface area contributed by atoms with E-state index >= 15 is 0 Å². The first kappa shape index (κ1) is 103.